The normalized spacial score (nSPS) is 34.9. The molecule has 4 aromatic rings. The van der Waals surface area contributed by atoms with Crippen LogP contribution in [-0.4, -0.2) is 5.92 Å². The maximum atomic E-state index is 9.32. The zero-order chi connectivity index (χ0) is 47.0. The molecule has 0 saturated heterocycles. The first-order chi connectivity index (χ1) is 34.0. The second-order valence-electron chi connectivity index (χ2n) is 27.3. The van der Waals surface area contributed by atoms with E-state index in [1.54, 1.807) is 22.3 Å². The summed E-state index contributed by atoms with van der Waals surface area (Å²) in [6.07, 6.45) is 38.9. The summed E-state index contributed by atoms with van der Waals surface area (Å²) in [6, 6.07) is 35.0. The Morgan fingerprint density at radius 2 is 0.800 bits per heavy atom. The fourth-order valence-electron chi connectivity index (χ4n) is 20.3. The number of fused-ring (bicyclic) bond motifs is 2. The molecule has 2 atom stereocenters. The van der Waals surface area contributed by atoms with Crippen LogP contribution in [0.3, 0.4) is 0 Å². The van der Waals surface area contributed by atoms with Crippen LogP contribution in [-0.2, 0) is 26.4 Å². The number of allylic oxidation sites excluding steroid dienone is 2. The minimum absolute atomic E-state index is 0.147. The van der Waals surface area contributed by atoms with Crippen molar-refractivity contribution in [2.75, 3.05) is 0 Å². The Kier molecular flexibility index (Phi) is 11.7. The van der Waals surface area contributed by atoms with Gasteiger partial charge in [0, 0.05) is 0 Å². The summed E-state index contributed by atoms with van der Waals surface area (Å²) in [7, 11) is 18.6. The van der Waals surface area contributed by atoms with E-state index in [0.717, 1.165) is 60.2 Å². The van der Waals surface area contributed by atoms with Crippen LogP contribution < -0.4 is 0 Å². The van der Waals surface area contributed by atoms with Crippen molar-refractivity contribution < 1.29 is 15.6 Å². The second-order valence-corrected chi connectivity index (χ2v) is 69.8. The fraction of sp³-hybridized carbons (Fsp3) is 0.576. The minimum atomic E-state index is -5.06. The topological polar surface area (TPSA) is 0 Å². The molecule has 10 fully saturated rings. The predicted molar refractivity (Wildman–Crippen MR) is 298 cm³/mol. The second kappa shape index (κ2) is 17.6. The first kappa shape index (κ1) is 46.6. The average molecular weight is 1060 g/mol. The van der Waals surface area contributed by atoms with Crippen molar-refractivity contribution in [2.45, 2.75) is 185 Å². The summed E-state index contributed by atoms with van der Waals surface area (Å²) in [4.78, 5) is 0. The summed E-state index contributed by atoms with van der Waals surface area (Å²) >= 11 is -5.06. The molecule has 0 heterocycles. The zero-order valence-electron chi connectivity index (χ0n) is 42.8. The van der Waals surface area contributed by atoms with Crippen molar-refractivity contribution in [3.05, 3.63) is 129 Å². The van der Waals surface area contributed by atoms with E-state index in [0.29, 0.717) is 10.8 Å². The van der Waals surface area contributed by atoms with Crippen molar-refractivity contribution in [1.29, 1.82) is 0 Å². The Hall–Kier alpha value is -1.96. The first-order valence-electron chi connectivity index (χ1n) is 29.5. The average Bonchev–Trinajstić information content (AvgIpc) is 3.93. The van der Waals surface area contributed by atoms with Crippen LogP contribution in [0, 0.1) is 47.3 Å². The summed E-state index contributed by atoms with van der Waals surface area (Å²) in [5, 5.41) is 0. The number of hydrogen-bond acceptors (Lipinski definition) is 0. The van der Waals surface area contributed by atoms with Crippen molar-refractivity contribution in [1.82, 2.24) is 0 Å². The van der Waals surface area contributed by atoms with Crippen LogP contribution in [0.25, 0.3) is 34.4 Å². The van der Waals surface area contributed by atoms with Gasteiger partial charge in [-0.05, 0) is 0 Å². The molecule has 12 aliphatic carbocycles. The molecule has 4 heteroatoms. The predicted octanol–water partition coefficient (Wildman–Crippen LogP) is 19.5. The molecule has 0 aliphatic heterocycles. The van der Waals surface area contributed by atoms with E-state index in [2.05, 4.69) is 110 Å². The molecule has 4 aromatic carbocycles. The Morgan fingerprint density at radius 1 is 0.457 bits per heavy atom. The van der Waals surface area contributed by atoms with Gasteiger partial charge < -0.3 is 0 Å². The van der Waals surface area contributed by atoms with E-state index in [1.807, 2.05) is 0 Å². The van der Waals surface area contributed by atoms with Gasteiger partial charge in [0.25, 0.3) is 0 Å². The molecule has 10 saturated carbocycles. The maximum absolute atomic E-state index is 9.32. The Morgan fingerprint density at radius 3 is 1.13 bits per heavy atom. The van der Waals surface area contributed by atoms with Crippen LogP contribution >= 0.6 is 17.0 Å². The molecule has 70 heavy (non-hydrogen) atoms. The van der Waals surface area contributed by atoms with E-state index >= 15 is 0 Å². The van der Waals surface area contributed by atoms with Gasteiger partial charge in [-0.15, -0.1) is 0 Å². The Bertz CT molecular complexity index is 2470. The van der Waals surface area contributed by atoms with Crippen molar-refractivity contribution in [3.8, 4) is 22.3 Å². The standard InChI is InChI=1S/2C32H37.C2H7Si.2ClH.Zr/c2*1-2-5-22(6-3-1)13-23-17-28-7-4-8-30(31(28)18-23)27-9-11-29(12-10-27)32-19-24-14-25(20-32)16-26(15-24)21-32;1-3-2;;;/h2*4,7-12,17-18,22,24-26H,1-3,5-6,13-16,19-21H2;3H,1-2H3;2*1H;/q;;;;;+2/p-2. The van der Waals surface area contributed by atoms with Gasteiger partial charge in [-0.1, -0.05) is 0 Å². The molecule has 0 amide bonds. The molecule has 8 bridgehead atoms. The van der Waals surface area contributed by atoms with E-state index in [-0.39, 0.29) is 7.25 Å². The van der Waals surface area contributed by atoms with Crippen LogP contribution in [0.15, 0.2) is 96.1 Å². The van der Waals surface area contributed by atoms with Crippen molar-refractivity contribution in [3.63, 3.8) is 0 Å². The molecule has 0 radical (unpaired) electrons. The molecular formula is C66H81Cl2SiZr. The molecule has 12 aliphatic rings. The van der Waals surface area contributed by atoms with Gasteiger partial charge in [-0.25, -0.2) is 0 Å². The van der Waals surface area contributed by atoms with Crippen LogP contribution in [0.5, 0.6) is 0 Å². The third kappa shape index (κ3) is 7.58. The molecule has 0 nitrogen and oxygen atoms in total. The Labute approximate surface area is 431 Å². The van der Waals surface area contributed by atoms with Crippen LogP contribution in [0.1, 0.15) is 195 Å². The molecule has 0 N–H and O–H groups in total. The van der Waals surface area contributed by atoms with E-state index in [4.69, 9.17) is 0 Å². The van der Waals surface area contributed by atoms with E-state index in [1.165, 1.54) is 186 Å². The summed E-state index contributed by atoms with van der Waals surface area (Å²) in [5.41, 5.74) is 18.7. The van der Waals surface area contributed by atoms with E-state index < -0.39 is 21.5 Å². The molecule has 0 aromatic heterocycles. The molecule has 0 spiro atoms. The number of hydrogen-bond donors (Lipinski definition) is 0. The van der Waals surface area contributed by atoms with Crippen LogP contribution in [0.2, 0.25) is 13.1 Å². The van der Waals surface area contributed by atoms with Gasteiger partial charge >= 0.3 is 435 Å². The first-order valence-corrected chi connectivity index (χ1v) is 45.8. The molecular weight excluding hydrogens is 983 g/mol. The van der Waals surface area contributed by atoms with Gasteiger partial charge in [0.05, 0.1) is 0 Å². The molecule has 367 valence electrons. The quantitative estimate of drug-likeness (QED) is 0.131. The number of halogens is 2. The summed E-state index contributed by atoms with van der Waals surface area (Å²) < 4.78 is 0.294. The molecule has 2 unspecified atom stereocenters. The van der Waals surface area contributed by atoms with Gasteiger partial charge in [0.2, 0.25) is 0 Å². The van der Waals surface area contributed by atoms with Gasteiger partial charge in [-0.2, -0.15) is 0 Å². The van der Waals surface area contributed by atoms with Gasteiger partial charge in [0.15, 0.2) is 0 Å². The molecule has 16 rings (SSSR count). The summed E-state index contributed by atoms with van der Waals surface area (Å²) in [6.45, 7) is 5.19. The SMILES string of the molecule is C[SiH](C)[Zr]([Cl])([Cl])([CH]1C(CC2CCCCC2)=Cc2c(-c3ccc(C45CC6CC(CC(C6)C4)C5)cc3)cccc21)[CH]1C(CC2CCCCC2)=Cc2c(-c3ccc(C45CC6CC(CC(C6)C4)C5)cc3)cccc21. The zero-order valence-corrected chi connectivity index (χ0v) is 47.9. The van der Waals surface area contributed by atoms with Crippen molar-refractivity contribution >= 4 is 35.1 Å². The fourth-order valence-corrected chi connectivity index (χ4v) is 51.7. The Balaban J connectivity index is 0.869. The third-order valence-electron chi connectivity index (χ3n) is 22.7. The van der Waals surface area contributed by atoms with E-state index in [9.17, 15) is 17.0 Å². The summed E-state index contributed by atoms with van der Waals surface area (Å²) in [5.74, 6) is 5.48. The van der Waals surface area contributed by atoms with Crippen LogP contribution in [0.4, 0.5) is 0 Å². The van der Waals surface area contributed by atoms with Crippen molar-refractivity contribution in [2.24, 2.45) is 47.3 Å². The number of benzene rings is 4. The van der Waals surface area contributed by atoms with Gasteiger partial charge in [-0.3, -0.25) is 0 Å². The number of rotatable bonds is 11. The monoisotopic (exact) mass is 1060 g/mol. The van der Waals surface area contributed by atoms with Gasteiger partial charge in [0.1, 0.15) is 0 Å². The third-order valence-corrected chi connectivity index (χ3v) is 74.5.